The molecule has 7 nitrogen and oxygen atoms in total. The summed E-state index contributed by atoms with van der Waals surface area (Å²) in [6.07, 6.45) is 1.25. The summed E-state index contributed by atoms with van der Waals surface area (Å²) >= 11 is 0. The second kappa shape index (κ2) is 8.11. The summed E-state index contributed by atoms with van der Waals surface area (Å²) in [4.78, 5) is 11.5. The first-order chi connectivity index (χ1) is 9.22. The first kappa shape index (κ1) is 15.0. The summed E-state index contributed by atoms with van der Waals surface area (Å²) in [5, 5.41) is 14.6. The van der Waals surface area contributed by atoms with Gasteiger partial charge in [0, 0.05) is 0 Å². The number of aromatic nitrogens is 2. The molecule has 1 aromatic rings. The van der Waals surface area contributed by atoms with E-state index in [4.69, 9.17) is 4.74 Å². The Morgan fingerprint density at radius 2 is 2.16 bits per heavy atom. The van der Waals surface area contributed by atoms with Crippen molar-refractivity contribution in [1.29, 1.82) is 0 Å². The molecule has 0 atom stereocenters. The number of alkyl halides is 2. The van der Waals surface area contributed by atoms with Crippen molar-refractivity contribution < 1.29 is 18.3 Å². The molecule has 1 N–H and O–H groups in total. The van der Waals surface area contributed by atoms with Crippen molar-refractivity contribution in [3.63, 3.8) is 0 Å². The molecule has 0 aromatic carbocycles. The molecule has 0 saturated heterocycles. The van der Waals surface area contributed by atoms with Gasteiger partial charge in [-0.1, -0.05) is 5.22 Å². The third kappa shape index (κ3) is 4.60. The number of halogens is 2. The second-order valence-electron chi connectivity index (χ2n) is 3.37. The fourth-order valence-electron chi connectivity index (χ4n) is 1.22. The van der Waals surface area contributed by atoms with E-state index in [-0.39, 0.29) is 31.1 Å². The zero-order valence-corrected chi connectivity index (χ0v) is 10.5. The van der Waals surface area contributed by atoms with Gasteiger partial charge in [0.1, 0.15) is 18.9 Å². The summed E-state index contributed by atoms with van der Waals surface area (Å²) < 4.78 is 29.2. The van der Waals surface area contributed by atoms with Crippen LogP contribution in [0.25, 0.3) is 0 Å². The highest BCUT2D eigenvalue weighted by molar-refractivity contribution is 5.93. The van der Waals surface area contributed by atoms with Crippen molar-refractivity contribution in [2.24, 2.45) is 10.3 Å². The minimum Gasteiger partial charge on any atom is -0.462 e. The van der Waals surface area contributed by atoms with Crippen LogP contribution in [0.5, 0.6) is 0 Å². The van der Waals surface area contributed by atoms with E-state index in [1.54, 1.807) is 6.92 Å². The Hall–Kier alpha value is -2.06. The van der Waals surface area contributed by atoms with Crippen LogP contribution in [-0.4, -0.2) is 54.2 Å². The fourth-order valence-corrected chi connectivity index (χ4v) is 1.22. The van der Waals surface area contributed by atoms with Crippen LogP contribution in [0.3, 0.4) is 0 Å². The molecule has 0 spiro atoms. The monoisotopic (exact) mass is 275 g/mol. The molecule has 106 valence electrons. The average Bonchev–Trinajstić information content (AvgIpc) is 2.85. The van der Waals surface area contributed by atoms with Gasteiger partial charge in [-0.15, -0.1) is 5.11 Å². The molecule has 0 amide bonds. The number of hydrogen-bond donors (Lipinski definition) is 1. The van der Waals surface area contributed by atoms with E-state index < -0.39 is 19.3 Å². The number of nitrogens with one attached hydrogen (secondary N) is 1. The molecule has 19 heavy (non-hydrogen) atoms. The van der Waals surface area contributed by atoms with Crippen LogP contribution >= 0.6 is 0 Å². The van der Waals surface area contributed by atoms with Crippen molar-refractivity contribution in [3.05, 3.63) is 11.8 Å². The van der Waals surface area contributed by atoms with Crippen LogP contribution in [0.1, 0.15) is 17.3 Å². The number of nitrogens with zero attached hydrogens (tertiary/aromatic N) is 4. The standard InChI is InChI=1S/C10H15F2N5O2/c1-2-19-10(18)8-7-13-14-9(8)15-16-17(5-3-11)6-4-12/h7H,2-6H2,1H3,(H,13,14)/b16-15+. The van der Waals surface area contributed by atoms with Gasteiger partial charge in [-0.3, -0.25) is 10.1 Å². The highest BCUT2D eigenvalue weighted by atomic mass is 19.1. The second-order valence-corrected chi connectivity index (χ2v) is 3.37. The largest absolute Gasteiger partial charge is 0.462 e. The summed E-state index contributed by atoms with van der Waals surface area (Å²) in [6.45, 7) is 0.395. The molecule has 0 unspecified atom stereocenters. The van der Waals surface area contributed by atoms with Gasteiger partial charge in [0.15, 0.2) is 5.82 Å². The van der Waals surface area contributed by atoms with E-state index in [9.17, 15) is 13.6 Å². The highest BCUT2D eigenvalue weighted by Gasteiger charge is 2.14. The Morgan fingerprint density at radius 1 is 1.47 bits per heavy atom. The van der Waals surface area contributed by atoms with Gasteiger partial charge in [-0.05, 0) is 6.92 Å². The molecule has 0 fully saturated rings. The predicted molar refractivity (Wildman–Crippen MR) is 62.6 cm³/mol. The first-order valence-corrected chi connectivity index (χ1v) is 5.72. The SMILES string of the molecule is CCOC(=O)c1cn[nH]c1/N=N/N(CCF)CCF. The molecule has 0 aliphatic heterocycles. The number of aromatic amines is 1. The Balaban J connectivity index is 2.75. The van der Waals surface area contributed by atoms with E-state index >= 15 is 0 Å². The van der Waals surface area contributed by atoms with Gasteiger partial charge < -0.3 is 4.74 Å². The Bertz CT molecular complexity index is 418. The van der Waals surface area contributed by atoms with Crippen LogP contribution in [0.4, 0.5) is 14.6 Å². The number of hydrogen-bond acceptors (Lipinski definition) is 5. The van der Waals surface area contributed by atoms with Crippen LogP contribution in [0, 0.1) is 0 Å². The van der Waals surface area contributed by atoms with Crippen LogP contribution in [0.2, 0.25) is 0 Å². The molecule has 0 aliphatic rings. The molecule has 1 rings (SSSR count). The number of esters is 1. The molecule has 1 heterocycles. The van der Waals surface area contributed by atoms with Crippen molar-refractivity contribution in [1.82, 2.24) is 15.2 Å². The Labute approximate surface area is 108 Å². The molecular weight excluding hydrogens is 260 g/mol. The quantitative estimate of drug-likeness (QED) is 0.445. The first-order valence-electron chi connectivity index (χ1n) is 5.72. The van der Waals surface area contributed by atoms with Gasteiger partial charge in [0.25, 0.3) is 0 Å². The van der Waals surface area contributed by atoms with Crippen LogP contribution < -0.4 is 0 Å². The summed E-state index contributed by atoms with van der Waals surface area (Å²) in [6, 6.07) is 0. The lowest BCUT2D eigenvalue weighted by atomic mass is 10.3. The number of carbonyl (C=O) groups excluding carboxylic acids is 1. The van der Waals surface area contributed by atoms with Crippen molar-refractivity contribution in [2.45, 2.75) is 6.92 Å². The number of ether oxygens (including phenoxy) is 1. The third-order valence-corrected chi connectivity index (χ3v) is 2.07. The van der Waals surface area contributed by atoms with E-state index in [1.807, 2.05) is 0 Å². The summed E-state index contributed by atoms with van der Waals surface area (Å²) in [5.41, 5.74) is 0.117. The third-order valence-electron chi connectivity index (χ3n) is 2.07. The Kier molecular flexibility index (Phi) is 6.41. The molecular formula is C10H15F2N5O2. The van der Waals surface area contributed by atoms with Crippen LogP contribution in [0.15, 0.2) is 16.5 Å². The van der Waals surface area contributed by atoms with E-state index in [2.05, 4.69) is 20.5 Å². The van der Waals surface area contributed by atoms with Crippen molar-refractivity contribution in [2.75, 3.05) is 33.0 Å². The molecule has 1 aromatic heterocycles. The lowest BCUT2D eigenvalue weighted by Gasteiger charge is -2.12. The lowest BCUT2D eigenvalue weighted by molar-refractivity contribution is 0.0527. The number of H-pyrrole nitrogens is 1. The maximum Gasteiger partial charge on any atom is 0.343 e. The van der Waals surface area contributed by atoms with Gasteiger partial charge >= 0.3 is 5.97 Å². The van der Waals surface area contributed by atoms with Gasteiger partial charge in [-0.25, -0.2) is 13.6 Å². The van der Waals surface area contributed by atoms with E-state index in [0.717, 1.165) is 5.01 Å². The molecule has 0 saturated carbocycles. The zero-order chi connectivity index (χ0) is 14.1. The molecule has 9 heteroatoms. The molecule has 0 radical (unpaired) electrons. The lowest BCUT2D eigenvalue weighted by Crippen LogP contribution is -2.22. The maximum atomic E-state index is 12.2. The minimum atomic E-state index is -0.674. The van der Waals surface area contributed by atoms with Gasteiger partial charge in [0.05, 0.1) is 25.9 Å². The maximum absolute atomic E-state index is 12.2. The number of carbonyl (C=O) groups is 1. The average molecular weight is 275 g/mol. The van der Waals surface area contributed by atoms with E-state index in [0.29, 0.717) is 0 Å². The van der Waals surface area contributed by atoms with Crippen LogP contribution in [-0.2, 0) is 4.74 Å². The fraction of sp³-hybridized carbons (Fsp3) is 0.600. The number of rotatable bonds is 8. The minimum absolute atomic E-state index is 0.0731. The topological polar surface area (TPSA) is 82.9 Å². The van der Waals surface area contributed by atoms with Gasteiger partial charge in [-0.2, -0.15) is 5.10 Å². The van der Waals surface area contributed by atoms with Crippen molar-refractivity contribution in [3.8, 4) is 0 Å². The predicted octanol–water partition coefficient (Wildman–Crippen LogP) is 1.83. The van der Waals surface area contributed by atoms with E-state index in [1.165, 1.54) is 6.20 Å². The highest BCUT2D eigenvalue weighted by Crippen LogP contribution is 2.16. The summed E-state index contributed by atoms with van der Waals surface area (Å²) in [7, 11) is 0. The molecule has 0 bridgehead atoms. The van der Waals surface area contributed by atoms with Gasteiger partial charge in [0.2, 0.25) is 0 Å². The summed E-state index contributed by atoms with van der Waals surface area (Å²) in [5.74, 6) is -0.506. The Morgan fingerprint density at radius 3 is 2.74 bits per heavy atom. The van der Waals surface area contributed by atoms with Crippen molar-refractivity contribution >= 4 is 11.8 Å². The molecule has 0 aliphatic carbocycles. The normalized spacial score (nSPS) is 10.9. The smallest absolute Gasteiger partial charge is 0.343 e. The zero-order valence-electron chi connectivity index (χ0n) is 10.5.